The van der Waals surface area contributed by atoms with Crippen LogP contribution < -0.4 is 5.32 Å². The van der Waals surface area contributed by atoms with Crippen LogP contribution in [-0.4, -0.2) is 36.1 Å². The highest BCUT2D eigenvalue weighted by Crippen LogP contribution is 2.04. The summed E-state index contributed by atoms with van der Waals surface area (Å²) < 4.78 is 9.22. The van der Waals surface area contributed by atoms with Crippen molar-refractivity contribution < 1.29 is 28.6 Å². The third-order valence-electron chi connectivity index (χ3n) is 2.21. The third-order valence-corrected chi connectivity index (χ3v) is 2.21. The van der Waals surface area contributed by atoms with Gasteiger partial charge in [-0.25, -0.2) is 4.79 Å². The molecule has 1 aromatic heterocycles. The lowest BCUT2D eigenvalue weighted by molar-refractivity contribution is -0.142. The second-order valence-corrected chi connectivity index (χ2v) is 3.46. The molecule has 0 spiro atoms. The van der Waals surface area contributed by atoms with Crippen LogP contribution in [0.3, 0.4) is 0 Å². The summed E-state index contributed by atoms with van der Waals surface area (Å²) in [6.45, 7) is 0. The second kappa shape index (κ2) is 6.43. The van der Waals surface area contributed by atoms with Gasteiger partial charge in [0.2, 0.25) is 0 Å². The molecule has 0 radical (unpaired) electrons. The maximum absolute atomic E-state index is 11.6. The highest BCUT2D eigenvalue weighted by Gasteiger charge is 2.22. The topological polar surface area (TPSA) is 106 Å². The summed E-state index contributed by atoms with van der Waals surface area (Å²) in [4.78, 5) is 33.4. The fourth-order valence-electron chi connectivity index (χ4n) is 1.26. The Morgan fingerprint density at radius 2 is 2.22 bits per heavy atom. The monoisotopic (exact) mass is 255 g/mol. The molecule has 0 bridgehead atoms. The minimum atomic E-state index is -1.22. The van der Waals surface area contributed by atoms with E-state index in [0.29, 0.717) is 0 Å². The zero-order valence-electron chi connectivity index (χ0n) is 9.71. The van der Waals surface area contributed by atoms with Crippen LogP contribution in [0, 0.1) is 0 Å². The number of aliphatic carboxylic acids is 1. The van der Waals surface area contributed by atoms with Gasteiger partial charge in [0.1, 0.15) is 6.04 Å². The summed E-state index contributed by atoms with van der Waals surface area (Å²) >= 11 is 0. The number of furan rings is 1. The quantitative estimate of drug-likeness (QED) is 0.713. The standard InChI is InChI=1S/C11H13NO6/c1-17-9(13)5-4-7(11(15)16)12-10(14)8-3-2-6-18-8/h2-3,6-7H,4-5H2,1H3,(H,12,14)(H,15,16). The SMILES string of the molecule is COC(=O)CCC(NC(=O)c1ccco1)C(=O)O. The van der Waals surface area contributed by atoms with E-state index in [0.717, 1.165) is 0 Å². The fourth-order valence-corrected chi connectivity index (χ4v) is 1.26. The summed E-state index contributed by atoms with van der Waals surface area (Å²) in [5.74, 6) is -2.39. The number of rotatable bonds is 6. The van der Waals surface area contributed by atoms with Crippen LogP contribution in [0.25, 0.3) is 0 Å². The normalized spacial score (nSPS) is 11.6. The van der Waals surface area contributed by atoms with E-state index in [1.54, 1.807) is 0 Å². The van der Waals surface area contributed by atoms with Gasteiger partial charge in [0, 0.05) is 6.42 Å². The predicted molar refractivity (Wildman–Crippen MR) is 58.8 cm³/mol. The van der Waals surface area contributed by atoms with Gasteiger partial charge in [-0.3, -0.25) is 9.59 Å². The van der Waals surface area contributed by atoms with E-state index in [1.165, 1.54) is 25.5 Å². The average Bonchev–Trinajstić information content (AvgIpc) is 2.87. The zero-order valence-corrected chi connectivity index (χ0v) is 9.71. The predicted octanol–water partition coefficient (Wildman–Crippen LogP) is 0.416. The van der Waals surface area contributed by atoms with E-state index in [-0.39, 0.29) is 18.6 Å². The van der Waals surface area contributed by atoms with E-state index in [2.05, 4.69) is 10.1 Å². The Kier molecular flexibility index (Phi) is 4.91. The summed E-state index contributed by atoms with van der Waals surface area (Å²) in [6, 6.07) is 1.76. The molecule has 0 aromatic carbocycles. The first-order chi connectivity index (χ1) is 8.54. The van der Waals surface area contributed by atoms with Crippen molar-refractivity contribution in [1.29, 1.82) is 0 Å². The van der Waals surface area contributed by atoms with Crippen LogP contribution >= 0.6 is 0 Å². The van der Waals surface area contributed by atoms with Crippen LogP contribution in [0.4, 0.5) is 0 Å². The van der Waals surface area contributed by atoms with Crippen molar-refractivity contribution in [3.05, 3.63) is 24.2 Å². The number of nitrogens with one attached hydrogen (secondary N) is 1. The molecule has 0 fully saturated rings. The van der Waals surface area contributed by atoms with Gasteiger partial charge in [-0.2, -0.15) is 0 Å². The molecule has 1 heterocycles. The summed E-state index contributed by atoms with van der Waals surface area (Å²) in [5.41, 5.74) is 0. The van der Waals surface area contributed by atoms with Crippen molar-refractivity contribution in [1.82, 2.24) is 5.32 Å². The lowest BCUT2D eigenvalue weighted by Gasteiger charge is -2.12. The van der Waals surface area contributed by atoms with Gasteiger partial charge in [0.05, 0.1) is 13.4 Å². The number of esters is 1. The number of ether oxygens (including phenoxy) is 1. The molecule has 98 valence electrons. The largest absolute Gasteiger partial charge is 0.480 e. The molecule has 7 heteroatoms. The third kappa shape index (κ3) is 3.93. The Bertz CT molecular complexity index is 425. The molecule has 2 N–H and O–H groups in total. The second-order valence-electron chi connectivity index (χ2n) is 3.46. The first kappa shape index (κ1) is 13.8. The van der Waals surface area contributed by atoms with E-state index in [1.807, 2.05) is 0 Å². The number of carbonyl (C=O) groups excluding carboxylic acids is 2. The maximum Gasteiger partial charge on any atom is 0.326 e. The molecule has 0 aliphatic carbocycles. The van der Waals surface area contributed by atoms with Gasteiger partial charge in [0.15, 0.2) is 5.76 Å². The van der Waals surface area contributed by atoms with Crippen molar-refractivity contribution in [3.63, 3.8) is 0 Å². The smallest absolute Gasteiger partial charge is 0.326 e. The molecule has 1 amide bonds. The minimum Gasteiger partial charge on any atom is -0.480 e. The van der Waals surface area contributed by atoms with Crippen LogP contribution in [0.15, 0.2) is 22.8 Å². The molecule has 1 atom stereocenters. The van der Waals surface area contributed by atoms with Crippen LogP contribution in [0.5, 0.6) is 0 Å². The Balaban J connectivity index is 2.55. The number of hydrogen-bond donors (Lipinski definition) is 2. The molecule has 0 saturated carbocycles. The minimum absolute atomic E-state index is 0.0133. The van der Waals surface area contributed by atoms with Gasteiger partial charge in [-0.15, -0.1) is 0 Å². The van der Waals surface area contributed by atoms with E-state index < -0.39 is 23.9 Å². The molecule has 0 saturated heterocycles. The number of carboxylic acids is 1. The van der Waals surface area contributed by atoms with E-state index in [9.17, 15) is 14.4 Å². The molecule has 1 rings (SSSR count). The highest BCUT2D eigenvalue weighted by molar-refractivity contribution is 5.94. The highest BCUT2D eigenvalue weighted by atomic mass is 16.5. The van der Waals surface area contributed by atoms with Crippen LogP contribution in [-0.2, 0) is 14.3 Å². The first-order valence-corrected chi connectivity index (χ1v) is 5.18. The van der Waals surface area contributed by atoms with Gasteiger partial charge in [0.25, 0.3) is 5.91 Å². The van der Waals surface area contributed by atoms with E-state index in [4.69, 9.17) is 9.52 Å². The average molecular weight is 255 g/mol. The molecule has 0 aliphatic rings. The van der Waals surface area contributed by atoms with Crippen molar-refractivity contribution in [2.24, 2.45) is 0 Å². The number of carboxylic acid groups (broad SMARTS) is 1. The molecule has 18 heavy (non-hydrogen) atoms. The van der Waals surface area contributed by atoms with Crippen molar-refractivity contribution in [2.45, 2.75) is 18.9 Å². The molecule has 0 aliphatic heterocycles. The van der Waals surface area contributed by atoms with Crippen molar-refractivity contribution in [3.8, 4) is 0 Å². The lowest BCUT2D eigenvalue weighted by atomic mass is 10.1. The van der Waals surface area contributed by atoms with E-state index >= 15 is 0 Å². The van der Waals surface area contributed by atoms with Gasteiger partial charge >= 0.3 is 11.9 Å². The molecule has 7 nitrogen and oxygen atoms in total. The Morgan fingerprint density at radius 1 is 1.50 bits per heavy atom. The Morgan fingerprint density at radius 3 is 2.72 bits per heavy atom. The lowest BCUT2D eigenvalue weighted by Crippen LogP contribution is -2.41. The van der Waals surface area contributed by atoms with Gasteiger partial charge < -0.3 is 19.6 Å². The summed E-state index contributed by atoms with van der Waals surface area (Å²) in [5, 5.41) is 11.2. The Labute approximate surface area is 103 Å². The Hall–Kier alpha value is -2.31. The number of amides is 1. The van der Waals surface area contributed by atoms with Crippen molar-refractivity contribution in [2.75, 3.05) is 7.11 Å². The fraction of sp³-hybridized carbons (Fsp3) is 0.364. The van der Waals surface area contributed by atoms with Crippen molar-refractivity contribution >= 4 is 17.8 Å². The summed E-state index contributed by atoms with van der Waals surface area (Å²) in [6.07, 6.45) is 1.17. The first-order valence-electron chi connectivity index (χ1n) is 5.18. The van der Waals surface area contributed by atoms with Gasteiger partial charge in [-0.1, -0.05) is 0 Å². The molecular formula is C11H13NO6. The molecule has 1 aromatic rings. The number of methoxy groups -OCH3 is 1. The number of carbonyl (C=O) groups is 3. The molecular weight excluding hydrogens is 242 g/mol. The maximum atomic E-state index is 11.6. The number of hydrogen-bond acceptors (Lipinski definition) is 5. The van der Waals surface area contributed by atoms with Gasteiger partial charge in [-0.05, 0) is 18.6 Å². The molecule has 1 unspecified atom stereocenters. The summed E-state index contributed by atoms with van der Waals surface area (Å²) in [7, 11) is 1.21. The van der Waals surface area contributed by atoms with Crippen LogP contribution in [0.1, 0.15) is 23.4 Å². The zero-order chi connectivity index (χ0) is 13.5. The van der Waals surface area contributed by atoms with Crippen LogP contribution in [0.2, 0.25) is 0 Å².